The highest BCUT2D eigenvalue weighted by Gasteiger charge is 2.17. The van der Waals surface area contributed by atoms with Gasteiger partial charge >= 0.3 is 0 Å². The molecule has 0 aliphatic heterocycles. The summed E-state index contributed by atoms with van der Waals surface area (Å²) in [5.74, 6) is -0.584. The minimum absolute atomic E-state index is 0.0474. The van der Waals surface area contributed by atoms with Crippen molar-refractivity contribution in [1.29, 1.82) is 0 Å². The molecule has 110 valence electrons. The number of phenolic OH excluding ortho intramolecular Hbond substituents is 1. The van der Waals surface area contributed by atoms with E-state index in [1.54, 1.807) is 0 Å². The molecule has 0 unspecified atom stereocenters. The van der Waals surface area contributed by atoms with Gasteiger partial charge in [-0.05, 0) is 18.6 Å². The van der Waals surface area contributed by atoms with Crippen LogP contribution in [0.1, 0.15) is 11.3 Å². The third kappa shape index (κ3) is 2.76. The number of hydrogen-bond donors (Lipinski definition) is 2. The highest BCUT2D eigenvalue weighted by atomic mass is 32.2. The number of hydrogen-bond acceptors (Lipinski definition) is 5. The van der Waals surface area contributed by atoms with E-state index in [1.165, 1.54) is 19.2 Å². The van der Waals surface area contributed by atoms with Crippen molar-refractivity contribution in [2.24, 2.45) is 0 Å². The van der Waals surface area contributed by atoms with Gasteiger partial charge in [-0.1, -0.05) is 0 Å². The second-order valence-corrected chi connectivity index (χ2v) is 4.92. The Morgan fingerprint density at radius 1 is 1.40 bits per heavy atom. The lowest BCUT2D eigenvalue weighted by Crippen LogP contribution is -2.04. The van der Waals surface area contributed by atoms with Gasteiger partial charge in [0.1, 0.15) is 0 Å². The van der Waals surface area contributed by atoms with E-state index in [-0.39, 0.29) is 6.61 Å². The smallest absolute Gasteiger partial charge is 0.166 e. The van der Waals surface area contributed by atoms with Crippen molar-refractivity contribution in [3.63, 3.8) is 0 Å². The van der Waals surface area contributed by atoms with Gasteiger partial charge in [-0.3, -0.25) is 0 Å². The van der Waals surface area contributed by atoms with E-state index in [0.29, 0.717) is 17.8 Å². The normalized spacial score (nSPS) is 11.4. The molecule has 0 atom stereocenters. The molecule has 1 heterocycles. The number of fused-ring (bicyclic) bond motifs is 1. The maximum Gasteiger partial charge on any atom is 0.166 e. The number of aromatic hydroxyl groups is 1. The monoisotopic (exact) mass is 301 g/mol. The Bertz CT molecular complexity index is 614. The molecule has 0 amide bonds. The van der Waals surface area contributed by atoms with Gasteiger partial charge in [0.05, 0.1) is 25.0 Å². The molecule has 0 fully saturated rings. The second kappa shape index (κ2) is 6.45. The summed E-state index contributed by atoms with van der Waals surface area (Å²) in [5.41, 5.74) is 2.44. The Kier molecular flexibility index (Phi) is 4.87. The first kappa shape index (κ1) is 15.1. The van der Waals surface area contributed by atoms with Crippen LogP contribution in [0.5, 0.6) is 5.75 Å². The quantitative estimate of drug-likeness (QED) is 0.371. The van der Waals surface area contributed by atoms with Crippen molar-refractivity contribution in [3.05, 3.63) is 29.2 Å². The molecule has 0 aliphatic carbocycles. The number of benzene rings is 1. The lowest BCUT2D eigenvalue weighted by molar-refractivity contribution is -0.160. The van der Waals surface area contributed by atoms with Gasteiger partial charge in [-0.15, -0.1) is 0 Å². The zero-order valence-corrected chi connectivity index (χ0v) is 12.0. The van der Waals surface area contributed by atoms with Crippen LogP contribution in [0.2, 0.25) is 0 Å². The molecular formula is C13H16FNO4S. The molecule has 0 spiro atoms. The lowest BCUT2D eigenvalue weighted by Gasteiger charge is -2.06. The van der Waals surface area contributed by atoms with Gasteiger partial charge in [0, 0.05) is 35.7 Å². The molecule has 2 aromatic rings. The largest absolute Gasteiger partial charge is 0.505 e. The van der Waals surface area contributed by atoms with Crippen molar-refractivity contribution in [3.8, 4) is 5.75 Å². The summed E-state index contributed by atoms with van der Waals surface area (Å²) in [7, 11) is 1.41. The number of halogens is 1. The molecule has 0 bridgehead atoms. The predicted octanol–water partition coefficient (Wildman–Crippen LogP) is 2.51. The van der Waals surface area contributed by atoms with Gasteiger partial charge in [0.2, 0.25) is 0 Å². The maximum atomic E-state index is 13.5. The first-order valence-electron chi connectivity index (χ1n) is 6.03. The topological polar surface area (TPSA) is 63.9 Å². The summed E-state index contributed by atoms with van der Waals surface area (Å²) in [6, 6.07) is 2.67. The highest BCUT2D eigenvalue weighted by Crippen LogP contribution is 2.33. The average molecular weight is 301 g/mol. The van der Waals surface area contributed by atoms with Crippen molar-refractivity contribution in [2.45, 2.75) is 19.2 Å². The fourth-order valence-electron chi connectivity index (χ4n) is 2.26. The van der Waals surface area contributed by atoms with Crippen LogP contribution < -0.4 is 0 Å². The summed E-state index contributed by atoms with van der Waals surface area (Å²) in [4.78, 5) is 4.52. The van der Waals surface area contributed by atoms with Crippen LogP contribution >= 0.6 is 12.0 Å². The van der Waals surface area contributed by atoms with E-state index >= 15 is 0 Å². The minimum Gasteiger partial charge on any atom is -0.505 e. The molecular weight excluding hydrogens is 285 g/mol. The van der Waals surface area contributed by atoms with Crippen molar-refractivity contribution >= 4 is 22.9 Å². The molecule has 2 N–H and O–H groups in total. The lowest BCUT2D eigenvalue weighted by atomic mass is 10.1. The van der Waals surface area contributed by atoms with E-state index in [0.717, 1.165) is 28.7 Å². The van der Waals surface area contributed by atoms with Crippen LogP contribution in [0.4, 0.5) is 4.39 Å². The van der Waals surface area contributed by atoms with Crippen LogP contribution in [-0.4, -0.2) is 28.5 Å². The summed E-state index contributed by atoms with van der Waals surface area (Å²) in [5, 5.41) is 19.4. The zero-order chi connectivity index (χ0) is 14.7. The summed E-state index contributed by atoms with van der Waals surface area (Å²) in [6.07, 6.45) is 0. The number of aliphatic hydroxyl groups is 1. The number of phenols is 1. The summed E-state index contributed by atoms with van der Waals surface area (Å²) < 4.78 is 20.1. The van der Waals surface area contributed by atoms with E-state index in [4.69, 9.17) is 9.44 Å². The molecule has 0 aliphatic rings. The average Bonchev–Trinajstić information content (AvgIpc) is 2.66. The number of rotatable bonds is 6. The van der Waals surface area contributed by atoms with Crippen molar-refractivity contribution < 1.29 is 23.8 Å². The number of aromatic nitrogens is 1. The van der Waals surface area contributed by atoms with Gasteiger partial charge in [-0.2, -0.15) is 4.33 Å². The zero-order valence-electron chi connectivity index (χ0n) is 11.2. The Labute approximate surface area is 120 Å². The van der Waals surface area contributed by atoms with Gasteiger partial charge in [-0.25, -0.2) is 9.28 Å². The summed E-state index contributed by atoms with van der Waals surface area (Å²) >= 11 is 1.10. The molecule has 0 saturated carbocycles. The Balaban J connectivity index is 2.54. The fraction of sp³-hybridized carbons (Fsp3) is 0.385. The molecule has 0 saturated heterocycles. The van der Waals surface area contributed by atoms with Crippen LogP contribution in [0.3, 0.4) is 0 Å². The first-order chi connectivity index (χ1) is 9.60. The third-order valence-electron chi connectivity index (χ3n) is 3.17. The second-order valence-electron chi connectivity index (χ2n) is 4.26. The Hall–Kier alpha value is -1.28. The number of aliphatic hydroxyl groups excluding tert-OH is 1. The van der Waals surface area contributed by atoms with E-state index in [9.17, 15) is 9.50 Å². The highest BCUT2D eigenvalue weighted by molar-refractivity contribution is 7.93. The number of nitrogens with zero attached hydrogens (tertiary/aromatic N) is 1. The standard InChI is InChI=1S/C13H16FNO4S/c1-8-10(7-20-19-18-2)9-5-13(17)11(14)6-12(9)15(8)3-4-16/h5-6,16-17H,3-4,7H2,1-2H3. The van der Waals surface area contributed by atoms with E-state index < -0.39 is 11.6 Å². The maximum absolute atomic E-state index is 13.5. The summed E-state index contributed by atoms with van der Waals surface area (Å²) in [6.45, 7) is 2.20. The van der Waals surface area contributed by atoms with E-state index in [2.05, 4.69) is 4.89 Å². The first-order valence-corrected chi connectivity index (χ1v) is 6.94. The molecule has 0 radical (unpaired) electrons. The molecule has 5 nitrogen and oxygen atoms in total. The molecule has 1 aromatic carbocycles. The predicted molar refractivity (Wildman–Crippen MR) is 74.8 cm³/mol. The van der Waals surface area contributed by atoms with Crippen LogP contribution in [0, 0.1) is 12.7 Å². The SMILES string of the molecule is COOSCc1c(C)n(CCO)c2cc(F)c(O)cc12. The fourth-order valence-corrected chi connectivity index (χ4v) is 2.88. The molecule has 2 rings (SSSR count). The van der Waals surface area contributed by atoms with Gasteiger partial charge in [0.25, 0.3) is 0 Å². The molecule has 20 heavy (non-hydrogen) atoms. The molecule has 1 aromatic heterocycles. The van der Waals surface area contributed by atoms with Gasteiger partial charge < -0.3 is 14.8 Å². The Morgan fingerprint density at radius 2 is 2.15 bits per heavy atom. The van der Waals surface area contributed by atoms with Crippen LogP contribution in [0.15, 0.2) is 12.1 Å². The van der Waals surface area contributed by atoms with Crippen molar-refractivity contribution in [2.75, 3.05) is 13.7 Å². The molecule has 7 heteroatoms. The van der Waals surface area contributed by atoms with Gasteiger partial charge in [0.15, 0.2) is 11.6 Å². The van der Waals surface area contributed by atoms with Crippen molar-refractivity contribution in [1.82, 2.24) is 4.57 Å². The Morgan fingerprint density at radius 3 is 2.80 bits per heavy atom. The van der Waals surface area contributed by atoms with Crippen LogP contribution in [-0.2, 0) is 21.5 Å². The van der Waals surface area contributed by atoms with Crippen LogP contribution in [0.25, 0.3) is 10.9 Å². The third-order valence-corrected chi connectivity index (χ3v) is 3.80. The van der Waals surface area contributed by atoms with E-state index in [1.807, 2.05) is 11.5 Å². The minimum atomic E-state index is -0.679.